The highest BCUT2D eigenvalue weighted by molar-refractivity contribution is 5.91. The molecule has 0 aromatic heterocycles. The number of urea groups is 1. The minimum atomic E-state index is -0.903. The van der Waals surface area contributed by atoms with Crippen LogP contribution < -0.4 is 5.32 Å². The summed E-state index contributed by atoms with van der Waals surface area (Å²) in [6, 6.07) is 7.26. The number of hydrogen-bond acceptors (Lipinski definition) is 2. The van der Waals surface area contributed by atoms with Gasteiger partial charge in [0.1, 0.15) is 0 Å². The first-order chi connectivity index (χ1) is 9.61. The molecule has 0 spiro atoms. The number of carboxylic acid groups (broad SMARTS) is 1. The van der Waals surface area contributed by atoms with Gasteiger partial charge in [-0.1, -0.05) is 25.1 Å². The molecular weight excluding hydrogens is 256 g/mol. The van der Waals surface area contributed by atoms with Crippen LogP contribution in [-0.4, -0.2) is 34.6 Å². The third kappa shape index (κ3) is 3.73. The number of hydrogen-bond donors (Lipinski definition) is 2. The van der Waals surface area contributed by atoms with Gasteiger partial charge >= 0.3 is 12.0 Å². The molecule has 0 aliphatic heterocycles. The molecule has 1 aliphatic rings. The Labute approximate surface area is 118 Å². The Balaban J connectivity index is 2.08. The van der Waals surface area contributed by atoms with Crippen LogP contribution in [0.25, 0.3) is 0 Å². The van der Waals surface area contributed by atoms with E-state index in [-0.39, 0.29) is 12.5 Å². The molecule has 0 heterocycles. The number of nitrogens with zero attached hydrogens (tertiary/aromatic N) is 1. The van der Waals surface area contributed by atoms with Gasteiger partial charge in [-0.3, -0.25) is 4.79 Å². The summed E-state index contributed by atoms with van der Waals surface area (Å²) in [7, 11) is 0. The molecule has 0 radical (unpaired) electrons. The Morgan fingerprint density at radius 2 is 2.05 bits per heavy atom. The summed E-state index contributed by atoms with van der Waals surface area (Å²) in [5, 5.41) is 11.7. The highest BCUT2D eigenvalue weighted by Crippen LogP contribution is 2.28. The Bertz CT molecular complexity index is 498. The number of rotatable bonds is 6. The Morgan fingerprint density at radius 3 is 2.65 bits per heavy atom. The SMILES string of the molecule is CCCN(C(=O)Nc1ccccc1CC(=O)O)C1CC1. The molecule has 0 bridgehead atoms. The minimum Gasteiger partial charge on any atom is -0.481 e. The fraction of sp³-hybridized carbons (Fsp3) is 0.467. The summed E-state index contributed by atoms with van der Waals surface area (Å²) in [6.07, 6.45) is 2.95. The van der Waals surface area contributed by atoms with Crippen LogP contribution >= 0.6 is 0 Å². The fourth-order valence-corrected chi connectivity index (χ4v) is 2.22. The van der Waals surface area contributed by atoms with Crippen molar-refractivity contribution in [3.8, 4) is 0 Å². The maximum absolute atomic E-state index is 12.3. The zero-order valence-electron chi connectivity index (χ0n) is 11.6. The Morgan fingerprint density at radius 1 is 1.35 bits per heavy atom. The number of carbonyl (C=O) groups is 2. The van der Waals surface area contributed by atoms with Crippen LogP contribution in [-0.2, 0) is 11.2 Å². The first kappa shape index (κ1) is 14.4. The van der Waals surface area contributed by atoms with Crippen LogP contribution in [0.5, 0.6) is 0 Å². The van der Waals surface area contributed by atoms with Crippen LogP contribution in [0.4, 0.5) is 10.5 Å². The maximum Gasteiger partial charge on any atom is 0.322 e. The van der Waals surface area contributed by atoms with Gasteiger partial charge in [-0.15, -0.1) is 0 Å². The van der Waals surface area contributed by atoms with Gasteiger partial charge in [-0.2, -0.15) is 0 Å². The summed E-state index contributed by atoms with van der Waals surface area (Å²) in [5.41, 5.74) is 1.21. The molecule has 0 atom stereocenters. The third-order valence-electron chi connectivity index (χ3n) is 3.31. The Hall–Kier alpha value is -2.04. The van der Waals surface area contributed by atoms with E-state index in [4.69, 9.17) is 5.11 Å². The number of amides is 2. The number of nitrogens with one attached hydrogen (secondary N) is 1. The second-order valence-electron chi connectivity index (χ2n) is 5.08. The largest absolute Gasteiger partial charge is 0.481 e. The van der Waals surface area contributed by atoms with Crippen molar-refractivity contribution in [2.24, 2.45) is 0 Å². The van der Waals surface area contributed by atoms with Crippen molar-refractivity contribution < 1.29 is 14.7 Å². The lowest BCUT2D eigenvalue weighted by Gasteiger charge is -2.22. The van der Waals surface area contributed by atoms with E-state index < -0.39 is 5.97 Å². The molecular formula is C15H20N2O3. The van der Waals surface area contributed by atoms with Gasteiger partial charge in [-0.05, 0) is 30.9 Å². The quantitative estimate of drug-likeness (QED) is 0.839. The molecule has 108 valence electrons. The van der Waals surface area contributed by atoms with Gasteiger partial charge < -0.3 is 15.3 Å². The molecule has 2 amide bonds. The van der Waals surface area contributed by atoms with Crippen molar-refractivity contribution in [3.05, 3.63) is 29.8 Å². The summed E-state index contributed by atoms with van der Waals surface area (Å²) in [5.74, 6) is -0.903. The number of aliphatic carboxylic acids is 1. The molecule has 2 N–H and O–H groups in total. The monoisotopic (exact) mass is 276 g/mol. The lowest BCUT2D eigenvalue weighted by Crippen LogP contribution is -2.37. The summed E-state index contributed by atoms with van der Waals surface area (Å²) >= 11 is 0. The lowest BCUT2D eigenvalue weighted by molar-refractivity contribution is -0.136. The van der Waals surface area contributed by atoms with Crippen molar-refractivity contribution in [1.82, 2.24) is 4.90 Å². The zero-order chi connectivity index (χ0) is 14.5. The van der Waals surface area contributed by atoms with E-state index in [1.54, 1.807) is 24.3 Å². The molecule has 5 heteroatoms. The normalized spacial score (nSPS) is 13.8. The second kappa shape index (κ2) is 6.41. The van der Waals surface area contributed by atoms with E-state index in [0.717, 1.165) is 25.8 Å². The van der Waals surface area contributed by atoms with E-state index in [1.807, 2.05) is 11.8 Å². The first-order valence-corrected chi connectivity index (χ1v) is 6.99. The first-order valence-electron chi connectivity index (χ1n) is 6.99. The molecule has 1 aromatic carbocycles. The molecule has 20 heavy (non-hydrogen) atoms. The summed E-state index contributed by atoms with van der Waals surface area (Å²) in [4.78, 5) is 25.0. The molecule has 0 saturated heterocycles. The molecule has 2 rings (SSSR count). The number of anilines is 1. The maximum atomic E-state index is 12.3. The molecule has 0 unspecified atom stereocenters. The molecule has 1 fully saturated rings. The highest BCUT2D eigenvalue weighted by atomic mass is 16.4. The summed E-state index contributed by atoms with van der Waals surface area (Å²) < 4.78 is 0. The fourth-order valence-electron chi connectivity index (χ4n) is 2.22. The van der Waals surface area contributed by atoms with E-state index in [2.05, 4.69) is 5.32 Å². The predicted octanol–water partition coefficient (Wildman–Crippen LogP) is 2.72. The Kier molecular flexibility index (Phi) is 4.61. The molecule has 1 saturated carbocycles. The van der Waals surface area contributed by atoms with Gasteiger partial charge in [0.25, 0.3) is 0 Å². The van der Waals surface area contributed by atoms with Crippen molar-refractivity contribution in [2.75, 3.05) is 11.9 Å². The average Bonchev–Trinajstić information content (AvgIpc) is 3.22. The van der Waals surface area contributed by atoms with Gasteiger partial charge in [0.15, 0.2) is 0 Å². The minimum absolute atomic E-state index is 0.0896. The van der Waals surface area contributed by atoms with Crippen LogP contribution in [0.1, 0.15) is 31.7 Å². The smallest absolute Gasteiger partial charge is 0.322 e. The van der Waals surface area contributed by atoms with Crippen molar-refractivity contribution in [1.29, 1.82) is 0 Å². The number of benzene rings is 1. The van der Waals surface area contributed by atoms with Crippen molar-refractivity contribution in [3.63, 3.8) is 0 Å². The van der Waals surface area contributed by atoms with E-state index in [1.165, 1.54) is 0 Å². The predicted molar refractivity (Wildman–Crippen MR) is 76.8 cm³/mol. The van der Waals surface area contributed by atoms with Crippen molar-refractivity contribution >= 4 is 17.7 Å². The van der Waals surface area contributed by atoms with Gasteiger partial charge in [0, 0.05) is 18.3 Å². The van der Waals surface area contributed by atoms with Crippen LogP contribution in [0.2, 0.25) is 0 Å². The topological polar surface area (TPSA) is 69.6 Å². The third-order valence-corrected chi connectivity index (χ3v) is 3.31. The van der Waals surface area contributed by atoms with Gasteiger partial charge in [-0.25, -0.2) is 4.79 Å². The zero-order valence-corrected chi connectivity index (χ0v) is 11.6. The number of carbonyl (C=O) groups excluding carboxylic acids is 1. The van der Waals surface area contributed by atoms with Crippen LogP contribution in [0.15, 0.2) is 24.3 Å². The molecule has 5 nitrogen and oxygen atoms in total. The van der Waals surface area contributed by atoms with Crippen molar-refractivity contribution in [2.45, 2.75) is 38.6 Å². The highest BCUT2D eigenvalue weighted by Gasteiger charge is 2.32. The van der Waals surface area contributed by atoms with E-state index in [9.17, 15) is 9.59 Å². The molecule has 1 aromatic rings. The number of para-hydroxylation sites is 1. The van der Waals surface area contributed by atoms with Crippen LogP contribution in [0, 0.1) is 0 Å². The van der Waals surface area contributed by atoms with E-state index >= 15 is 0 Å². The van der Waals surface area contributed by atoms with Gasteiger partial charge in [0.05, 0.1) is 6.42 Å². The average molecular weight is 276 g/mol. The molecule has 1 aliphatic carbocycles. The second-order valence-corrected chi connectivity index (χ2v) is 5.08. The number of carboxylic acids is 1. The van der Waals surface area contributed by atoms with E-state index in [0.29, 0.717) is 17.3 Å². The lowest BCUT2D eigenvalue weighted by atomic mass is 10.1. The standard InChI is InChI=1S/C15H20N2O3/c1-2-9-17(12-7-8-12)15(20)16-13-6-4-3-5-11(13)10-14(18)19/h3-6,12H,2,7-10H2,1H3,(H,16,20)(H,18,19). The van der Waals surface area contributed by atoms with Gasteiger partial charge in [0.2, 0.25) is 0 Å². The summed E-state index contributed by atoms with van der Waals surface area (Å²) in [6.45, 7) is 2.78. The van der Waals surface area contributed by atoms with Crippen LogP contribution in [0.3, 0.4) is 0 Å².